The van der Waals surface area contributed by atoms with E-state index in [2.05, 4.69) is 20.5 Å². The minimum Gasteiger partial charge on any atom is -0.355 e. The van der Waals surface area contributed by atoms with Crippen LogP contribution in [0.5, 0.6) is 0 Å². The molecule has 1 amide bonds. The zero-order valence-corrected chi connectivity index (χ0v) is 17.6. The highest BCUT2D eigenvalue weighted by molar-refractivity contribution is 14.0. The molecule has 0 spiro atoms. The first kappa shape index (κ1) is 21.5. The molecule has 0 aromatic carbocycles. The largest absolute Gasteiger partial charge is 0.355 e. The van der Waals surface area contributed by atoms with Gasteiger partial charge >= 0.3 is 0 Å². The maximum atomic E-state index is 11.7. The maximum absolute atomic E-state index is 11.7. The van der Waals surface area contributed by atoms with Crippen LogP contribution in [0.3, 0.4) is 0 Å². The summed E-state index contributed by atoms with van der Waals surface area (Å²) in [5, 5.41) is 6.87. The summed E-state index contributed by atoms with van der Waals surface area (Å²) in [4.78, 5) is 20.5. The van der Waals surface area contributed by atoms with Gasteiger partial charge in [0.15, 0.2) is 5.96 Å². The number of amides is 1. The first-order valence-corrected chi connectivity index (χ1v) is 9.20. The molecule has 0 aliphatic carbocycles. The number of hydrogen-bond acceptors (Lipinski definition) is 3. The van der Waals surface area contributed by atoms with E-state index in [0.717, 1.165) is 38.6 Å². The summed E-state index contributed by atoms with van der Waals surface area (Å²) in [5.74, 6) is 1.11. The lowest BCUT2D eigenvalue weighted by atomic mass is 10.2. The second-order valence-corrected chi connectivity index (χ2v) is 6.58. The molecule has 2 aliphatic rings. The van der Waals surface area contributed by atoms with Crippen molar-refractivity contribution in [2.24, 2.45) is 4.99 Å². The quantitative estimate of drug-likeness (QED) is 0.379. The Hall–Kier alpha value is -0.570. The van der Waals surface area contributed by atoms with E-state index in [1.165, 1.54) is 38.8 Å². The van der Waals surface area contributed by atoms with Gasteiger partial charge in [0.2, 0.25) is 5.91 Å². The number of hydrogen-bond donors (Lipinski definition) is 2. The van der Waals surface area contributed by atoms with Crippen molar-refractivity contribution in [3.63, 3.8) is 0 Å². The van der Waals surface area contributed by atoms with Crippen molar-refractivity contribution in [1.82, 2.24) is 20.4 Å². The molecule has 0 bridgehead atoms. The molecule has 0 aromatic rings. The average Bonchev–Trinajstić information content (AvgIpc) is 2.88. The Kier molecular flexibility index (Phi) is 10.6. The summed E-state index contributed by atoms with van der Waals surface area (Å²) in [6.45, 7) is 8.02. The Morgan fingerprint density at radius 2 is 1.88 bits per heavy atom. The second-order valence-electron chi connectivity index (χ2n) is 6.58. The predicted molar refractivity (Wildman–Crippen MR) is 110 cm³/mol. The lowest BCUT2D eigenvalue weighted by Crippen LogP contribution is -2.47. The van der Waals surface area contributed by atoms with Crippen LogP contribution in [0, 0.1) is 0 Å². The van der Waals surface area contributed by atoms with E-state index < -0.39 is 0 Å². The molecule has 2 aliphatic heterocycles. The molecule has 1 atom stereocenters. The van der Waals surface area contributed by atoms with Crippen LogP contribution in [0.15, 0.2) is 4.99 Å². The third kappa shape index (κ3) is 7.13. The standard InChI is InChI=1S/C17H33N5O.HI/c1-3-16(23)22-12-8-15(14-22)20-17(18-2)19-9-13-21-10-6-4-5-7-11-21;/h15H,3-14H2,1-2H3,(H2,18,19,20);1H. The lowest BCUT2D eigenvalue weighted by molar-refractivity contribution is -0.129. The van der Waals surface area contributed by atoms with Gasteiger partial charge in [-0.1, -0.05) is 19.8 Å². The summed E-state index contributed by atoms with van der Waals surface area (Å²) in [7, 11) is 1.81. The number of carbonyl (C=O) groups excluding carboxylic acids is 1. The Labute approximate surface area is 163 Å². The summed E-state index contributed by atoms with van der Waals surface area (Å²) in [6, 6.07) is 0.315. The third-order valence-corrected chi connectivity index (χ3v) is 4.83. The SMILES string of the molecule is CCC(=O)N1CCC(NC(=NC)NCCN2CCCCCC2)C1.I. The molecule has 2 fully saturated rings. The highest BCUT2D eigenvalue weighted by Gasteiger charge is 2.25. The summed E-state index contributed by atoms with van der Waals surface area (Å²) in [5.41, 5.74) is 0. The number of halogens is 1. The van der Waals surface area contributed by atoms with Crippen LogP contribution in [0.2, 0.25) is 0 Å². The number of nitrogens with one attached hydrogen (secondary N) is 2. The highest BCUT2D eigenvalue weighted by Crippen LogP contribution is 2.10. The second kappa shape index (κ2) is 11.9. The first-order chi connectivity index (χ1) is 11.2. The lowest BCUT2D eigenvalue weighted by Gasteiger charge is -2.22. The van der Waals surface area contributed by atoms with Gasteiger partial charge in [-0.3, -0.25) is 9.79 Å². The minimum atomic E-state index is 0. The molecule has 24 heavy (non-hydrogen) atoms. The minimum absolute atomic E-state index is 0. The summed E-state index contributed by atoms with van der Waals surface area (Å²) >= 11 is 0. The van der Waals surface area contributed by atoms with Crippen LogP contribution < -0.4 is 10.6 Å². The molecule has 0 saturated carbocycles. The van der Waals surface area contributed by atoms with Crippen molar-refractivity contribution in [1.29, 1.82) is 0 Å². The normalized spacial score (nSPS) is 22.7. The molecule has 2 rings (SSSR count). The topological polar surface area (TPSA) is 60.0 Å². The third-order valence-electron chi connectivity index (χ3n) is 4.83. The van der Waals surface area contributed by atoms with E-state index in [9.17, 15) is 4.79 Å². The number of likely N-dealkylation sites (tertiary alicyclic amines) is 2. The van der Waals surface area contributed by atoms with E-state index in [1.807, 2.05) is 18.9 Å². The van der Waals surface area contributed by atoms with E-state index in [0.29, 0.717) is 12.5 Å². The van der Waals surface area contributed by atoms with Crippen LogP contribution >= 0.6 is 24.0 Å². The van der Waals surface area contributed by atoms with Crippen LogP contribution in [-0.4, -0.2) is 74.0 Å². The molecule has 6 nitrogen and oxygen atoms in total. The fraction of sp³-hybridized carbons (Fsp3) is 0.882. The Bertz CT molecular complexity index is 396. The number of rotatable bonds is 5. The average molecular weight is 451 g/mol. The molecule has 140 valence electrons. The van der Waals surface area contributed by atoms with E-state index >= 15 is 0 Å². The predicted octanol–water partition coefficient (Wildman–Crippen LogP) is 1.66. The number of nitrogens with zero attached hydrogens (tertiary/aromatic N) is 3. The highest BCUT2D eigenvalue weighted by atomic mass is 127. The molecule has 0 aromatic heterocycles. The van der Waals surface area contributed by atoms with Gasteiger partial charge in [-0.15, -0.1) is 24.0 Å². The van der Waals surface area contributed by atoms with E-state index in [-0.39, 0.29) is 29.9 Å². The smallest absolute Gasteiger partial charge is 0.222 e. The van der Waals surface area contributed by atoms with Crippen molar-refractivity contribution in [2.75, 3.05) is 46.3 Å². The molecule has 2 N–H and O–H groups in total. The number of aliphatic imine (C=N–C) groups is 1. The van der Waals surface area contributed by atoms with Crippen molar-refractivity contribution in [2.45, 2.75) is 51.5 Å². The summed E-state index contributed by atoms with van der Waals surface area (Å²) in [6.07, 6.45) is 7.00. The summed E-state index contributed by atoms with van der Waals surface area (Å²) < 4.78 is 0. The van der Waals surface area contributed by atoms with Crippen LogP contribution in [0.4, 0.5) is 0 Å². The molecular weight excluding hydrogens is 417 g/mol. The number of carbonyl (C=O) groups is 1. The van der Waals surface area contributed by atoms with Crippen LogP contribution in [0.1, 0.15) is 45.4 Å². The van der Waals surface area contributed by atoms with Crippen molar-refractivity contribution < 1.29 is 4.79 Å². The van der Waals surface area contributed by atoms with Crippen molar-refractivity contribution in [3.8, 4) is 0 Å². The molecule has 1 unspecified atom stereocenters. The zero-order valence-electron chi connectivity index (χ0n) is 15.2. The van der Waals surface area contributed by atoms with Crippen molar-refractivity contribution in [3.05, 3.63) is 0 Å². The fourth-order valence-corrected chi connectivity index (χ4v) is 3.41. The Morgan fingerprint density at radius 3 is 2.50 bits per heavy atom. The van der Waals surface area contributed by atoms with Gasteiger partial charge in [0.05, 0.1) is 0 Å². The Morgan fingerprint density at radius 1 is 1.17 bits per heavy atom. The van der Waals surface area contributed by atoms with Gasteiger partial charge in [-0.05, 0) is 32.4 Å². The van der Waals surface area contributed by atoms with Gasteiger partial charge < -0.3 is 20.4 Å². The molecule has 2 saturated heterocycles. The number of guanidine groups is 1. The molecule has 0 radical (unpaired) electrons. The van der Waals surface area contributed by atoms with Gasteiger partial charge in [0, 0.05) is 45.7 Å². The first-order valence-electron chi connectivity index (χ1n) is 9.20. The maximum Gasteiger partial charge on any atom is 0.222 e. The van der Waals surface area contributed by atoms with Gasteiger partial charge in [0.1, 0.15) is 0 Å². The fourth-order valence-electron chi connectivity index (χ4n) is 3.41. The van der Waals surface area contributed by atoms with Gasteiger partial charge in [0.25, 0.3) is 0 Å². The van der Waals surface area contributed by atoms with E-state index in [1.54, 1.807) is 0 Å². The zero-order chi connectivity index (χ0) is 16.5. The van der Waals surface area contributed by atoms with Crippen LogP contribution in [-0.2, 0) is 4.79 Å². The monoisotopic (exact) mass is 451 g/mol. The molecule has 7 heteroatoms. The van der Waals surface area contributed by atoms with Gasteiger partial charge in [-0.2, -0.15) is 0 Å². The molecule has 2 heterocycles. The van der Waals surface area contributed by atoms with Gasteiger partial charge in [-0.25, -0.2) is 0 Å². The van der Waals surface area contributed by atoms with Crippen molar-refractivity contribution >= 4 is 35.8 Å². The van der Waals surface area contributed by atoms with E-state index in [4.69, 9.17) is 0 Å². The molecular formula is C17H34IN5O. The Balaban J connectivity index is 0.00000288. The van der Waals surface area contributed by atoms with Crippen LogP contribution in [0.25, 0.3) is 0 Å².